The third-order valence-corrected chi connectivity index (χ3v) is 7.16. The second-order valence-corrected chi connectivity index (χ2v) is 9.78. The number of allylic oxidation sites excluding steroid dienone is 1. The molecular weight excluding hydrogens is 493 g/mol. The molecule has 0 spiro atoms. The summed E-state index contributed by atoms with van der Waals surface area (Å²) in [5, 5.41) is 9.78. The predicted octanol–water partition coefficient (Wildman–Crippen LogP) is 7.19. The number of carboxylic acid groups (broad SMARTS) is 1. The first-order chi connectivity index (χ1) is 16.1. The summed E-state index contributed by atoms with van der Waals surface area (Å²) in [6.07, 6.45) is 1.87. The first kappa shape index (κ1) is 26.0. The van der Waals surface area contributed by atoms with Crippen molar-refractivity contribution in [2.45, 2.75) is 18.7 Å². The zero-order valence-corrected chi connectivity index (χ0v) is 21.0. The van der Waals surface area contributed by atoms with E-state index in [1.54, 1.807) is 12.1 Å². The number of para-hydroxylation sites is 1. The highest BCUT2D eigenvalue weighted by Crippen LogP contribution is 2.40. The number of hydrogen-bond donors (Lipinski definition) is 1. The molecule has 0 aromatic heterocycles. The Balaban J connectivity index is 2.19. The Hall–Kier alpha value is -2.64. The lowest BCUT2D eigenvalue weighted by Crippen LogP contribution is -2.27. The van der Waals surface area contributed by atoms with Crippen LogP contribution in [0.4, 0.5) is 11.4 Å². The molecule has 0 aliphatic rings. The Morgan fingerprint density at radius 3 is 2.38 bits per heavy atom. The summed E-state index contributed by atoms with van der Waals surface area (Å²) >= 11 is 10.1. The predicted molar refractivity (Wildman–Crippen MR) is 138 cm³/mol. The summed E-state index contributed by atoms with van der Waals surface area (Å²) in [6, 6.07) is 17.0. The van der Waals surface area contributed by atoms with Crippen molar-refractivity contribution in [2.24, 2.45) is 11.8 Å². The van der Waals surface area contributed by atoms with E-state index >= 15 is 0 Å². The number of carboxylic acids is 1. The molecule has 0 aliphatic carbocycles. The Labute approximate surface area is 211 Å². The highest BCUT2D eigenvalue weighted by molar-refractivity contribution is 7.79. The van der Waals surface area contributed by atoms with Gasteiger partial charge in [0.1, 0.15) is 0 Å². The van der Waals surface area contributed by atoms with Gasteiger partial charge in [0.05, 0.1) is 21.3 Å². The molecule has 0 saturated heterocycles. The van der Waals surface area contributed by atoms with Gasteiger partial charge in [-0.3, -0.25) is 4.21 Å². The maximum Gasteiger partial charge on any atom is 0.337 e. The quantitative estimate of drug-likeness (QED) is 0.240. The Morgan fingerprint density at radius 1 is 1.12 bits per heavy atom. The number of anilines is 2. The molecule has 1 N–H and O–H groups in total. The number of benzene rings is 3. The SMILES string of the molecule is C=CC(C)[C@H](C)CN(c1ccccc1)c1cc(Cl)c(-c2ccc(Cl)c(C(=O)O)c2)cc1S(=O)[O-]. The number of carbonyl (C=O) groups is 1. The topological polar surface area (TPSA) is 80.7 Å². The molecule has 0 amide bonds. The van der Waals surface area contributed by atoms with Gasteiger partial charge in [-0.1, -0.05) is 67.4 Å². The van der Waals surface area contributed by atoms with Gasteiger partial charge in [-0.15, -0.1) is 6.58 Å². The van der Waals surface area contributed by atoms with Crippen LogP contribution in [-0.2, 0) is 11.1 Å². The molecule has 2 unspecified atom stereocenters. The number of halogens is 2. The van der Waals surface area contributed by atoms with Crippen LogP contribution in [0.2, 0.25) is 10.0 Å². The normalized spacial score (nSPS) is 13.7. The largest absolute Gasteiger partial charge is 0.768 e. The molecule has 0 bridgehead atoms. The lowest BCUT2D eigenvalue weighted by molar-refractivity contribution is 0.0697. The lowest BCUT2D eigenvalue weighted by atomic mass is 9.95. The molecule has 178 valence electrons. The third kappa shape index (κ3) is 5.70. The van der Waals surface area contributed by atoms with Gasteiger partial charge in [0.2, 0.25) is 0 Å². The van der Waals surface area contributed by atoms with Crippen molar-refractivity contribution >= 4 is 51.6 Å². The summed E-state index contributed by atoms with van der Waals surface area (Å²) < 4.78 is 24.7. The minimum Gasteiger partial charge on any atom is -0.768 e. The van der Waals surface area contributed by atoms with Crippen LogP contribution in [0, 0.1) is 11.8 Å². The molecule has 3 aromatic carbocycles. The Kier molecular flexibility index (Phi) is 8.55. The van der Waals surface area contributed by atoms with Gasteiger partial charge >= 0.3 is 5.97 Å². The number of rotatable bonds is 9. The van der Waals surface area contributed by atoms with Crippen molar-refractivity contribution in [1.29, 1.82) is 0 Å². The molecule has 3 aromatic rings. The summed E-state index contributed by atoms with van der Waals surface area (Å²) in [7, 11) is 0. The molecule has 34 heavy (non-hydrogen) atoms. The van der Waals surface area contributed by atoms with Crippen molar-refractivity contribution in [3.63, 3.8) is 0 Å². The zero-order chi connectivity index (χ0) is 25.0. The number of hydrogen-bond acceptors (Lipinski definition) is 4. The van der Waals surface area contributed by atoms with E-state index in [1.807, 2.05) is 41.3 Å². The van der Waals surface area contributed by atoms with Gasteiger partial charge in [-0.25, -0.2) is 4.79 Å². The molecule has 0 aliphatic heterocycles. The van der Waals surface area contributed by atoms with Crippen LogP contribution >= 0.6 is 23.2 Å². The summed E-state index contributed by atoms with van der Waals surface area (Å²) in [4.78, 5) is 13.5. The fourth-order valence-corrected chi connectivity index (χ4v) is 4.62. The van der Waals surface area contributed by atoms with Crippen molar-refractivity contribution in [3.05, 3.63) is 88.9 Å². The van der Waals surface area contributed by atoms with Gasteiger partial charge in [0.15, 0.2) is 0 Å². The van der Waals surface area contributed by atoms with Gasteiger partial charge in [0, 0.05) is 22.7 Å². The van der Waals surface area contributed by atoms with Crippen LogP contribution in [0.15, 0.2) is 78.2 Å². The summed E-state index contributed by atoms with van der Waals surface area (Å²) in [6.45, 7) is 8.54. The minimum atomic E-state index is -2.59. The molecule has 0 heterocycles. The average Bonchev–Trinajstić information content (AvgIpc) is 2.82. The maximum atomic E-state index is 12.4. The van der Waals surface area contributed by atoms with E-state index in [0.29, 0.717) is 23.4 Å². The van der Waals surface area contributed by atoms with Crippen molar-refractivity contribution < 1.29 is 18.7 Å². The molecule has 0 radical (unpaired) electrons. The molecule has 8 heteroatoms. The van der Waals surface area contributed by atoms with E-state index in [0.717, 1.165) is 5.69 Å². The molecule has 0 fully saturated rings. The molecule has 3 atom stereocenters. The Bertz CT molecular complexity index is 1230. The highest BCUT2D eigenvalue weighted by atomic mass is 35.5. The second kappa shape index (κ2) is 11.2. The second-order valence-electron chi connectivity index (χ2n) is 8.05. The first-order valence-electron chi connectivity index (χ1n) is 10.5. The average molecular weight is 517 g/mol. The van der Waals surface area contributed by atoms with Gasteiger partial charge in [-0.2, -0.15) is 0 Å². The smallest absolute Gasteiger partial charge is 0.337 e. The van der Waals surface area contributed by atoms with Crippen molar-refractivity contribution in [1.82, 2.24) is 0 Å². The van der Waals surface area contributed by atoms with Crippen LogP contribution in [0.1, 0.15) is 24.2 Å². The van der Waals surface area contributed by atoms with Crippen molar-refractivity contribution in [2.75, 3.05) is 11.4 Å². The standard InChI is InChI=1S/C26H25Cl2NO4S/c1-4-16(2)17(3)15-29(19-8-6-5-7-9-19)24-14-23(28)20(13-25(24)34(32)33)18-10-11-22(27)21(12-18)26(30)31/h4-14,16-17H,1,15H2,2-3H3,(H,30,31)(H,32,33)/p-1/t16?,17-/m1/s1. The van der Waals surface area contributed by atoms with Gasteiger partial charge in [-0.05, 0) is 64.9 Å². The summed E-state index contributed by atoms with van der Waals surface area (Å²) in [5.41, 5.74) is 2.00. The van der Waals surface area contributed by atoms with Gasteiger partial charge < -0.3 is 14.6 Å². The number of aromatic carboxylic acids is 1. The minimum absolute atomic E-state index is 0.0496. The van der Waals surface area contributed by atoms with Crippen LogP contribution in [0.5, 0.6) is 0 Å². The highest BCUT2D eigenvalue weighted by Gasteiger charge is 2.22. The maximum absolute atomic E-state index is 12.4. The van der Waals surface area contributed by atoms with Crippen LogP contribution in [0.25, 0.3) is 11.1 Å². The molecule has 5 nitrogen and oxygen atoms in total. The third-order valence-electron chi connectivity index (χ3n) is 5.83. The van der Waals surface area contributed by atoms with E-state index in [4.69, 9.17) is 23.2 Å². The van der Waals surface area contributed by atoms with Crippen LogP contribution in [-0.4, -0.2) is 26.4 Å². The zero-order valence-electron chi connectivity index (χ0n) is 18.7. The van der Waals surface area contributed by atoms with Crippen LogP contribution < -0.4 is 4.90 Å². The molecular formula is C26H24Cl2NO4S-. The monoisotopic (exact) mass is 516 g/mol. The van der Waals surface area contributed by atoms with E-state index < -0.39 is 17.0 Å². The number of nitrogens with zero attached hydrogens (tertiary/aromatic N) is 1. The van der Waals surface area contributed by atoms with E-state index in [-0.39, 0.29) is 32.3 Å². The molecule has 3 rings (SSSR count). The summed E-state index contributed by atoms with van der Waals surface area (Å²) in [5.74, 6) is -0.822. The van der Waals surface area contributed by atoms with E-state index in [9.17, 15) is 18.7 Å². The molecule has 0 saturated carbocycles. The fraction of sp³-hybridized carbons (Fsp3) is 0.192. The van der Waals surface area contributed by atoms with E-state index in [1.165, 1.54) is 18.2 Å². The lowest BCUT2D eigenvalue weighted by Gasteiger charge is -2.32. The van der Waals surface area contributed by atoms with E-state index in [2.05, 4.69) is 20.4 Å². The fourth-order valence-electron chi connectivity index (χ4n) is 3.60. The van der Waals surface area contributed by atoms with Gasteiger partial charge in [0.25, 0.3) is 0 Å². The van der Waals surface area contributed by atoms with Crippen LogP contribution in [0.3, 0.4) is 0 Å². The Morgan fingerprint density at radius 2 is 1.79 bits per heavy atom. The van der Waals surface area contributed by atoms with Crippen molar-refractivity contribution in [3.8, 4) is 11.1 Å². The first-order valence-corrected chi connectivity index (χ1v) is 12.4.